The van der Waals surface area contributed by atoms with E-state index in [1.807, 2.05) is 55.5 Å². The van der Waals surface area contributed by atoms with Gasteiger partial charge in [-0.15, -0.1) is 0 Å². The Kier molecular flexibility index (Phi) is 4.81. The van der Waals surface area contributed by atoms with E-state index in [4.69, 9.17) is 4.42 Å². The number of hydrogen-bond donors (Lipinski definition) is 2. The highest BCUT2D eigenvalue weighted by atomic mass is 16.3. The fourth-order valence-electron chi connectivity index (χ4n) is 3.06. The van der Waals surface area contributed by atoms with E-state index in [-0.39, 0.29) is 17.2 Å². The van der Waals surface area contributed by atoms with E-state index < -0.39 is 0 Å². The summed E-state index contributed by atoms with van der Waals surface area (Å²) in [5.74, 6) is 0.221. The molecule has 1 heterocycles. The number of aryl methyl sites for hydroxylation is 1. The van der Waals surface area contributed by atoms with Gasteiger partial charge >= 0.3 is 0 Å². The summed E-state index contributed by atoms with van der Waals surface area (Å²) < 4.78 is 5.54. The Morgan fingerprint density at radius 1 is 1.07 bits per heavy atom. The average Bonchev–Trinajstić information content (AvgIpc) is 3.17. The summed E-state index contributed by atoms with van der Waals surface area (Å²) in [7, 11) is 0. The lowest BCUT2D eigenvalue weighted by Gasteiger charge is -2.08. The first-order valence-electron chi connectivity index (χ1n) is 9.11. The van der Waals surface area contributed by atoms with E-state index in [0.717, 1.165) is 22.0 Å². The molecule has 4 aromatic rings. The molecule has 0 atom stereocenters. The van der Waals surface area contributed by atoms with Gasteiger partial charge in [0, 0.05) is 18.5 Å². The minimum Gasteiger partial charge on any atom is -0.507 e. The average molecular weight is 372 g/mol. The van der Waals surface area contributed by atoms with Gasteiger partial charge in [-0.25, -0.2) is 4.98 Å². The van der Waals surface area contributed by atoms with E-state index in [0.29, 0.717) is 18.9 Å². The van der Waals surface area contributed by atoms with E-state index >= 15 is 0 Å². The molecule has 3 aromatic carbocycles. The lowest BCUT2D eigenvalue weighted by atomic mass is 10.1. The molecule has 0 saturated heterocycles. The van der Waals surface area contributed by atoms with Crippen molar-refractivity contribution in [2.45, 2.75) is 13.3 Å². The maximum absolute atomic E-state index is 12.4. The Morgan fingerprint density at radius 2 is 1.79 bits per heavy atom. The highest BCUT2D eigenvalue weighted by molar-refractivity contribution is 6.01. The number of phenols is 1. The number of nitrogens with zero attached hydrogens (tertiary/aromatic N) is 1. The van der Waals surface area contributed by atoms with Gasteiger partial charge in [0.1, 0.15) is 12.0 Å². The molecule has 28 heavy (non-hydrogen) atoms. The van der Waals surface area contributed by atoms with Crippen LogP contribution in [0.3, 0.4) is 0 Å². The van der Waals surface area contributed by atoms with Crippen LogP contribution in [0.5, 0.6) is 5.75 Å². The molecule has 0 fully saturated rings. The Hall–Kier alpha value is -3.60. The van der Waals surface area contributed by atoms with E-state index in [1.165, 1.54) is 5.56 Å². The molecule has 5 heteroatoms. The minimum absolute atomic E-state index is 0.0284. The number of carbonyl (C=O) groups excluding carboxylic acids is 1. The third-order valence-corrected chi connectivity index (χ3v) is 4.63. The summed E-state index contributed by atoms with van der Waals surface area (Å²) in [5.41, 5.74) is 3.12. The molecule has 1 amide bonds. The van der Waals surface area contributed by atoms with Crippen LogP contribution in [0.15, 0.2) is 71.3 Å². The number of nitrogens with one attached hydrogen (secondary N) is 1. The SMILES string of the molecule is Cc1ccc(-c2nc(CCNC(=O)c3cc4ccccc4cc3O)co2)cc1. The molecule has 0 aliphatic heterocycles. The fraction of sp³-hybridized carbons (Fsp3) is 0.130. The van der Waals surface area contributed by atoms with Gasteiger partial charge in [0.25, 0.3) is 5.91 Å². The van der Waals surface area contributed by atoms with Gasteiger partial charge < -0.3 is 14.8 Å². The maximum atomic E-state index is 12.4. The minimum atomic E-state index is -0.314. The standard InChI is InChI=1S/C23H20N2O3/c1-15-6-8-16(9-7-15)23-25-19(14-28-23)10-11-24-22(27)20-12-17-4-2-3-5-18(17)13-21(20)26/h2-9,12-14,26H,10-11H2,1H3,(H,24,27). The fourth-order valence-corrected chi connectivity index (χ4v) is 3.06. The third kappa shape index (κ3) is 3.74. The molecule has 0 aliphatic rings. The summed E-state index contributed by atoms with van der Waals surface area (Å²) in [4.78, 5) is 16.9. The van der Waals surface area contributed by atoms with Crippen LogP contribution in [0.1, 0.15) is 21.6 Å². The zero-order chi connectivity index (χ0) is 19.5. The number of oxazole rings is 1. The predicted molar refractivity (Wildman–Crippen MR) is 108 cm³/mol. The molecule has 0 aliphatic carbocycles. The van der Waals surface area contributed by atoms with Gasteiger partial charge in [0.05, 0.1) is 11.3 Å². The van der Waals surface area contributed by atoms with Crippen molar-refractivity contribution in [3.8, 4) is 17.2 Å². The first-order valence-corrected chi connectivity index (χ1v) is 9.11. The second kappa shape index (κ2) is 7.56. The van der Waals surface area contributed by atoms with Crippen molar-refractivity contribution in [2.24, 2.45) is 0 Å². The Balaban J connectivity index is 1.39. The smallest absolute Gasteiger partial charge is 0.255 e. The molecule has 0 saturated carbocycles. The van der Waals surface area contributed by atoms with Crippen LogP contribution < -0.4 is 5.32 Å². The Morgan fingerprint density at radius 3 is 2.54 bits per heavy atom. The Bertz CT molecular complexity index is 1130. The summed E-state index contributed by atoms with van der Waals surface area (Å²) in [6.07, 6.45) is 2.14. The van der Waals surface area contributed by atoms with Crippen molar-refractivity contribution in [1.29, 1.82) is 0 Å². The van der Waals surface area contributed by atoms with Crippen LogP contribution in [-0.2, 0) is 6.42 Å². The number of benzene rings is 3. The van der Waals surface area contributed by atoms with Gasteiger partial charge in [-0.3, -0.25) is 4.79 Å². The summed E-state index contributed by atoms with van der Waals surface area (Å²) in [6.45, 7) is 2.42. The van der Waals surface area contributed by atoms with Crippen molar-refractivity contribution in [3.63, 3.8) is 0 Å². The number of fused-ring (bicyclic) bond motifs is 1. The molecule has 0 unspecified atom stereocenters. The monoisotopic (exact) mass is 372 g/mol. The number of phenolic OH excluding ortho intramolecular Hbond substituents is 1. The van der Waals surface area contributed by atoms with Gasteiger partial charge in [0.15, 0.2) is 0 Å². The predicted octanol–water partition coefficient (Wildman–Crippen LogP) is 4.48. The quantitative estimate of drug-likeness (QED) is 0.542. The zero-order valence-corrected chi connectivity index (χ0v) is 15.5. The molecular formula is C23H20N2O3. The van der Waals surface area contributed by atoms with Crippen LogP contribution in [0.25, 0.3) is 22.2 Å². The van der Waals surface area contributed by atoms with Crippen molar-refractivity contribution in [1.82, 2.24) is 10.3 Å². The molecule has 5 nitrogen and oxygen atoms in total. The number of hydrogen-bond acceptors (Lipinski definition) is 4. The van der Waals surface area contributed by atoms with Crippen molar-refractivity contribution in [3.05, 3.63) is 83.7 Å². The van der Waals surface area contributed by atoms with Crippen LogP contribution in [-0.4, -0.2) is 22.5 Å². The van der Waals surface area contributed by atoms with E-state index in [2.05, 4.69) is 10.3 Å². The van der Waals surface area contributed by atoms with Crippen LogP contribution in [0.4, 0.5) is 0 Å². The molecule has 2 N–H and O–H groups in total. The number of aromatic hydroxyl groups is 1. The zero-order valence-electron chi connectivity index (χ0n) is 15.5. The van der Waals surface area contributed by atoms with Gasteiger partial charge in [-0.1, -0.05) is 42.0 Å². The van der Waals surface area contributed by atoms with E-state index in [1.54, 1.807) is 18.4 Å². The molecular weight excluding hydrogens is 352 g/mol. The third-order valence-electron chi connectivity index (χ3n) is 4.63. The normalized spacial score (nSPS) is 10.9. The molecule has 0 spiro atoms. The molecule has 0 bridgehead atoms. The Labute approximate surface area is 162 Å². The van der Waals surface area contributed by atoms with Gasteiger partial charge in [-0.05, 0) is 42.0 Å². The summed E-state index contributed by atoms with van der Waals surface area (Å²) in [5, 5.41) is 14.8. The highest BCUT2D eigenvalue weighted by Crippen LogP contribution is 2.25. The van der Waals surface area contributed by atoms with Gasteiger partial charge in [0.2, 0.25) is 5.89 Å². The second-order valence-electron chi connectivity index (χ2n) is 6.73. The largest absolute Gasteiger partial charge is 0.507 e. The van der Waals surface area contributed by atoms with Crippen molar-refractivity contribution in [2.75, 3.05) is 6.54 Å². The lowest BCUT2D eigenvalue weighted by Crippen LogP contribution is -2.25. The number of amides is 1. The summed E-state index contributed by atoms with van der Waals surface area (Å²) in [6, 6.07) is 18.9. The number of aromatic nitrogens is 1. The van der Waals surface area contributed by atoms with Gasteiger partial charge in [-0.2, -0.15) is 0 Å². The lowest BCUT2D eigenvalue weighted by molar-refractivity contribution is 0.0951. The van der Waals surface area contributed by atoms with E-state index in [9.17, 15) is 9.90 Å². The second-order valence-corrected chi connectivity index (χ2v) is 6.73. The van der Waals surface area contributed by atoms with Crippen LogP contribution in [0, 0.1) is 6.92 Å². The first kappa shape index (κ1) is 17.8. The van der Waals surface area contributed by atoms with Crippen LogP contribution >= 0.6 is 0 Å². The first-order chi connectivity index (χ1) is 13.6. The number of carbonyl (C=O) groups is 1. The van der Waals surface area contributed by atoms with Crippen molar-refractivity contribution >= 4 is 16.7 Å². The molecule has 140 valence electrons. The van der Waals surface area contributed by atoms with Crippen molar-refractivity contribution < 1.29 is 14.3 Å². The van der Waals surface area contributed by atoms with Crippen LogP contribution in [0.2, 0.25) is 0 Å². The number of rotatable bonds is 5. The topological polar surface area (TPSA) is 75.4 Å². The summed E-state index contributed by atoms with van der Waals surface area (Å²) >= 11 is 0. The molecule has 1 aromatic heterocycles. The maximum Gasteiger partial charge on any atom is 0.255 e. The highest BCUT2D eigenvalue weighted by Gasteiger charge is 2.13. The molecule has 0 radical (unpaired) electrons. The molecule has 4 rings (SSSR count).